The molecule has 0 spiro atoms. The van der Waals surface area contributed by atoms with Gasteiger partial charge in [0.1, 0.15) is 5.69 Å². The molecule has 0 saturated carbocycles. The van der Waals surface area contributed by atoms with Crippen molar-refractivity contribution in [2.24, 2.45) is 0 Å². The van der Waals surface area contributed by atoms with Crippen LogP contribution in [-0.2, 0) is 4.74 Å². The fourth-order valence-electron chi connectivity index (χ4n) is 2.35. The first-order valence-corrected chi connectivity index (χ1v) is 7.93. The van der Waals surface area contributed by atoms with Gasteiger partial charge in [0.05, 0.1) is 13.2 Å². The summed E-state index contributed by atoms with van der Waals surface area (Å²) in [4.78, 5) is 18.4. The number of nitrogens with one attached hydrogen (secondary N) is 1. The minimum absolute atomic E-state index is 0.0962. The summed E-state index contributed by atoms with van der Waals surface area (Å²) >= 11 is 12.0. The van der Waals surface area contributed by atoms with E-state index in [-0.39, 0.29) is 5.91 Å². The number of benzene rings is 1. The molecule has 1 N–H and O–H groups in total. The lowest BCUT2D eigenvalue weighted by molar-refractivity contribution is 0.0299. The van der Waals surface area contributed by atoms with Crippen LogP contribution in [0.25, 0.3) is 0 Å². The second-order valence-corrected chi connectivity index (χ2v) is 5.99. The van der Waals surface area contributed by atoms with Gasteiger partial charge in [0.25, 0.3) is 5.91 Å². The number of halogens is 2. The van der Waals surface area contributed by atoms with Gasteiger partial charge in [0.2, 0.25) is 0 Å². The SMILES string of the molecule is O=C(c1cc(Nc2cc(Cl)cc(Cl)c2)ccn1)N1CCOCC1. The normalized spacial score (nSPS) is 14.6. The first-order valence-electron chi connectivity index (χ1n) is 7.18. The zero-order valence-corrected chi connectivity index (χ0v) is 13.8. The van der Waals surface area contributed by atoms with Gasteiger partial charge in [-0.05, 0) is 30.3 Å². The van der Waals surface area contributed by atoms with Crippen LogP contribution in [0.5, 0.6) is 0 Å². The Morgan fingerprint density at radius 3 is 2.48 bits per heavy atom. The van der Waals surface area contributed by atoms with Gasteiger partial charge >= 0.3 is 0 Å². The average Bonchev–Trinajstić information content (AvgIpc) is 2.54. The molecule has 0 radical (unpaired) electrons. The van der Waals surface area contributed by atoms with Crippen molar-refractivity contribution in [1.29, 1.82) is 0 Å². The van der Waals surface area contributed by atoms with Crippen LogP contribution in [0.4, 0.5) is 11.4 Å². The molecule has 5 nitrogen and oxygen atoms in total. The Kier molecular flexibility index (Phi) is 5.00. The average molecular weight is 352 g/mol. The van der Waals surface area contributed by atoms with Gasteiger partial charge in [-0.1, -0.05) is 23.2 Å². The van der Waals surface area contributed by atoms with E-state index in [4.69, 9.17) is 27.9 Å². The van der Waals surface area contributed by atoms with E-state index in [1.165, 1.54) is 0 Å². The molecule has 2 heterocycles. The molecular weight excluding hydrogens is 337 g/mol. The van der Waals surface area contributed by atoms with Crippen LogP contribution >= 0.6 is 23.2 Å². The third-order valence-corrected chi connectivity index (χ3v) is 3.87. The highest BCUT2D eigenvalue weighted by molar-refractivity contribution is 6.35. The lowest BCUT2D eigenvalue weighted by Crippen LogP contribution is -2.41. The van der Waals surface area contributed by atoms with E-state index in [9.17, 15) is 4.79 Å². The smallest absolute Gasteiger partial charge is 0.272 e. The maximum absolute atomic E-state index is 12.5. The standard InChI is InChI=1S/C16H15Cl2N3O2/c17-11-7-12(18)9-14(8-11)20-13-1-2-19-15(10-13)16(22)21-3-5-23-6-4-21/h1-2,7-10H,3-6H2,(H,19,20). The number of anilines is 2. The van der Waals surface area contributed by atoms with E-state index in [2.05, 4.69) is 10.3 Å². The minimum Gasteiger partial charge on any atom is -0.378 e. The monoisotopic (exact) mass is 351 g/mol. The number of amides is 1. The molecule has 1 aromatic carbocycles. The predicted octanol–water partition coefficient (Wildman–Crippen LogP) is 3.60. The van der Waals surface area contributed by atoms with Crippen molar-refractivity contribution < 1.29 is 9.53 Å². The quantitative estimate of drug-likeness (QED) is 0.917. The largest absolute Gasteiger partial charge is 0.378 e. The summed E-state index contributed by atoms with van der Waals surface area (Å²) < 4.78 is 5.26. The Morgan fingerprint density at radius 1 is 1.09 bits per heavy atom. The van der Waals surface area contributed by atoms with Crippen LogP contribution in [0.3, 0.4) is 0 Å². The highest BCUT2D eigenvalue weighted by atomic mass is 35.5. The molecule has 2 aromatic rings. The molecule has 1 aromatic heterocycles. The molecule has 0 atom stereocenters. The third kappa shape index (κ3) is 4.13. The van der Waals surface area contributed by atoms with Crippen LogP contribution in [0.2, 0.25) is 10.0 Å². The van der Waals surface area contributed by atoms with Crippen LogP contribution < -0.4 is 5.32 Å². The van der Waals surface area contributed by atoms with E-state index in [0.29, 0.717) is 42.0 Å². The third-order valence-electron chi connectivity index (χ3n) is 3.43. The number of pyridine rings is 1. The maximum atomic E-state index is 12.5. The van der Waals surface area contributed by atoms with Gasteiger partial charge in [-0.25, -0.2) is 0 Å². The molecular formula is C16H15Cl2N3O2. The van der Waals surface area contributed by atoms with E-state index in [1.807, 2.05) is 0 Å². The highest BCUT2D eigenvalue weighted by Crippen LogP contribution is 2.25. The molecule has 0 aliphatic carbocycles. The molecule has 1 aliphatic heterocycles. The Balaban J connectivity index is 1.77. The lowest BCUT2D eigenvalue weighted by Gasteiger charge is -2.26. The van der Waals surface area contributed by atoms with Gasteiger partial charge < -0.3 is 15.0 Å². The molecule has 0 bridgehead atoms. The molecule has 3 rings (SSSR count). The van der Waals surface area contributed by atoms with Crippen molar-refractivity contribution in [2.45, 2.75) is 0 Å². The molecule has 7 heteroatoms. The number of rotatable bonds is 3. The number of carbonyl (C=O) groups is 1. The predicted molar refractivity (Wildman–Crippen MR) is 90.7 cm³/mol. The molecule has 0 unspecified atom stereocenters. The summed E-state index contributed by atoms with van der Waals surface area (Å²) in [6, 6.07) is 8.68. The van der Waals surface area contributed by atoms with Crippen molar-refractivity contribution in [3.8, 4) is 0 Å². The number of hydrogen-bond acceptors (Lipinski definition) is 4. The number of hydrogen-bond donors (Lipinski definition) is 1. The topological polar surface area (TPSA) is 54.5 Å². The van der Waals surface area contributed by atoms with Crippen molar-refractivity contribution in [1.82, 2.24) is 9.88 Å². The van der Waals surface area contributed by atoms with Gasteiger partial charge in [-0.2, -0.15) is 0 Å². The minimum atomic E-state index is -0.0962. The first kappa shape index (κ1) is 16.1. The van der Waals surface area contributed by atoms with Crippen molar-refractivity contribution in [3.63, 3.8) is 0 Å². The molecule has 23 heavy (non-hydrogen) atoms. The van der Waals surface area contributed by atoms with Gasteiger partial charge in [0.15, 0.2) is 0 Å². The Labute approximate surface area is 144 Å². The van der Waals surface area contributed by atoms with Crippen LogP contribution in [0, 0.1) is 0 Å². The highest BCUT2D eigenvalue weighted by Gasteiger charge is 2.19. The number of ether oxygens (including phenoxy) is 1. The Morgan fingerprint density at radius 2 is 1.78 bits per heavy atom. The van der Waals surface area contributed by atoms with Crippen LogP contribution in [0.15, 0.2) is 36.5 Å². The number of aromatic nitrogens is 1. The van der Waals surface area contributed by atoms with Crippen molar-refractivity contribution >= 4 is 40.5 Å². The summed E-state index contributed by atoms with van der Waals surface area (Å²) in [6.07, 6.45) is 1.60. The van der Waals surface area contributed by atoms with Gasteiger partial charge in [-0.3, -0.25) is 9.78 Å². The van der Waals surface area contributed by atoms with Crippen molar-refractivity contribution in [3.05, 3.63) is 52.3 Å². The Bertz CT molecular complexity index is 698. The van der Waals surface area contributed by atoms with E-state index >= 15 is 0 Å². The fraction of sp³-hybridized carbons (Fsp3) is 0.250. The summed E-state index contributed by atoms with van der Waals surface area (Å²) in [5, 5.41) is 4.26. The van der Waals surface area contributed by atoms with E-state index in [0.717, 1.165) is 11.4 Å². The lowest BCUT2D eigenvalue weighted by atomic mass is 10.2. The van der Waals surface area contributed by atoms with Gasteiger partial charge in [-0.15, -0.1) is 0 Å². The number of morpholine rings is 1. The fourth-order valence-corrected chi connectivity index (χ4v) is 2.87. The zero-order chi connectivity index (χ0) is 16.2. The molecule has 1 saturated heterocycles. The molecule has 1 fully saturated rings. The summed E-state index contributed by atoms with van der Waals surface area (Å²) in [6.45, 7) is 2.29. The summed E-state index contributed by atoms with van der Waals surface area (Å²) in [5.41, 5.74) is 1.89. The van der Waals surface area contributed by atoms with E-state index < -0.39 is 0 Å². The van der Waals surface area contributed by atoms with Crippen LogP contribution in [-0.4, -0.2) is 42.1 Å². The molecule has 120 valence electrons. The zero-order valence-electron chi connectivity index (χ0n) is 12.3. The van der Waals surface area contributed by atoms with Crippen molar-refractivity contribution in [2.75, 3.05) is 31.6 Å². The molecule has 1 amide bonds. The summed E-state index contributed by atoms with van der Waals surface area (Å²) in [5.74, 6) is -0.0962. The molecule has 1 aliphatic rings. The second-order valence-electron chi connectivity index (χ2n) is 5.12. The Hall–Kier alpha value is -1.82. The maximum Gasteiger partial charge on any atom is 0.272 e. The van der Waals surface area contributed by atoms with Gasteiger partial charge in [0, 0.05) is 40.7 Å². The number of carbonyl (C=O) groups excluding carboxylic acids is 1. The number of nitrogens with zero attached hydrogens (tertiary/aromatic N) is 2. The second kappa shape index (κ2) is 7.17. The first-order chi connectivity index (χ1) is 11.1. The van der Waals surface area contributed by atoms with Crippen LogP contribution in [0.1, 0.15) is 10.5 Å². The summed E-state index contributed by atoms with van der Waals surface area (Å²) in [7, 11) is 0. The van der Waals surface area contributed by atoms with E-state index in [1.54, 1.807) is 41.4 Å².